The third-order valence-electron chi connectivity index (χ3n) is 6.36. The van der Waals surface area contributed by atoms with Gasteiger partial charge in [0.2, 0.25) is 0 Å². The summed E-state index contributed by atoms with van der Waals surface area (Å²) in [5.41, 5.74) is 4.07. The fourth-order valence-electron chi connectivity index (χ4n) is 4.55. The molecule has 1 aliphatic rings. The number of thioether (sulfide) groups is 1. The van der Waals surface area contributed by atoms with Crippen molar-refractivity contribution >= 4 is 11.8 Å². The molecule has 1 aliphatic carbocycles. The maximum Gasteiger partial charge on any atom is 0.288 e. The summed E-state index contributed by atoms with van der Waals surface area (Å²) in [5.74, 6) is -0.649. The van der Waals surface area contributed by atoms with Crippen molar-refractivity contribution in [3.05, 3.63) is 65.2 Å². The van der Waals surface area contributed by atoms with Crippen LogP contribution < -0.4 is 0 Å². The smallest absolute Gasteiger partial charge is 0.198 e. The molecule has 2 aromatic rings. The van der Waals surface area contributed by atoms with Gasteiger partial charge in [0, 0.05) is 4.90 Å². The number of rotatable bonds is 10. The molecule has 0 N–H and O–H groups in total. The van der Waals surface area contributed by atoms with E-state index in [0.29, 0.717) is 16.7 Å². The molecule has 0 atom stereocenters. The van der Waals surface area contributed by atoms with Crippen LogP contribution in [-0.4, -0.2) is 5.76 Å². The standard InChI is InChI=1S/C26H34F2S/c1-2-3-4-5-20-8-14-23(15-9-20)24-16-10-21(11-17-24)6-7-22-12-18-25(19-13-22)29-26(27)28/h10-13,16-20,23,26H,2-9,14-15H2,1H3. The molecular formula is C26H34F2S. The van der Waals surface area contributed by atoms with Gasteiger partial charge in [0.1, 0.15) is 0 Å². The third-order valence-corrected chi connectivity index (χ3v) is 7.09. The first-order valence-corrected chi connectivity index (χ1v) is 12.1. The van der Waals surface area contributed by atoms with Crippen LogP contribution in [0, 0.1) is 5.92 Å². The highest BCUT2D eigenvalue weighted by Crippen LogP contribution is 2.37. The lowest BCUT2D eigenvalue weighted by atomic mass is 9.77. The molecule has 0 nitrogen and oxygen atoms in total. The zero-order valence-corrected chi connectivity index (χ0v) is 18.4. The van der Waals surface area contributed by atoms with E-state index in [1.807, 2.05) is 12.1 Å². The minimum absolute atomic E-state index is 0.608. The van der Waals surface area contributed by atoms with E-state index in [-0.39, 0.29) is 0 Å². The number of hydrogen-bond donors (Lipinski definition) is 0. The van der Waals surface area contributed by atoms with E-state index in [9.17, 15) is 8.78 Å². The summed E-state index contributed by atoms with van der Waals surface area (Å²) in [7, 11) is 0. The summed E-state index contributed by atoms with van der Waals surface area (Å²) >= 11 is 0.608. The Labute approximate surface area is 179 Å². The molecule has 0 bridgehead atoms. The van der Waals surface area contributed by atoms with E-state index >= 15 is 0 Å². The molecule has 2 aromatic carbocycles. The van der Waals surface area contributed by atoms with Gasteiger partial charge in [-0.05, 0) is 79.2 Å². The van der Waals surface area contributed by atoms with Gasteiger partial charge in [0.05, 0.1) is 0 Å². The van der Waals surface area contributed by atoms with Gasteiger partial charge >= 0.3 is 0 Å². The second kappa shape index (κ2) is 11.7. The first kappa shape index (κ1) is 22.3. The number of halogens is 2. The maximum absolute atomic E-state index is 12.4. The van der Waals surface area contributed by atoms with Crippen LogP contribution in [0.5, 0.6) is 0 Å². The summed E-state index contributed by atoms with van der Waals surface area (Å²) < 4.78 is 24.8. The summed E-state index contributed by atoms with van der Waals surface area (Å²) in [6, 6.07) is 16.8. The molecule has 29 heavy (non-hydrogen) atoms. The number of aryl methyl sites for hydroxylation is 2. The van der Waals surface area contributed by atoms with E-state index in [2.05, 4.69) is 31.2 Å². The van der Waals surface area contributed by atoms with Gasteiger partial charge < -0.3 is 0 Å². The molecule has 1 saturated carbocycles. The lowest BCUT2D eigenvalue weighted by Crippen LogP contribution is -2.13. The Morgan fingerprint density at radius 2 is 1.41 bits per heavy atom. The second-order valence-electron chi connectivity index (χ2n) is 8.48. The fourth-order valence-corrected chi connectivity index (χ4v) is 5.05. The first-order valence-electron chi connectivity index (χ1n) is 11.3. The molecule has 3 heteroatoms. The van der Waals surface area contributed by atoms with Crippen molar-refractivity contribution in [2.24, 2.45) is 5.92 Å². The van der Waals surface area contributed by atoms with Crippen LogP contribution in [0.1, 0.15) is 80.9 Å². The van der Waals surface area contributed by atoms with Crippen molar-refractivity contribution in [2.45, 2.75) is 87.7 Å². The third kappa shape index (κ3) is 7.44. The molecule has 0 aliphatic heterocycles. The van der Waals surface area contributed by atoms with Crippen molar-refractivity contribution in [1.82, 2.24) is 0 Å². The maximum atomic E-state index is 12.4. The molecule has 0 unspecified atom stereocenters. The van der Waals surface area contributed by atoms with Gasteiger partial charge in [-0.1, -0.05) is 80.8 Å². The number of hydrogen-bond acceptors (Lipinski definition) is 1. The molecule has 3 rings (SSSR count). The van der Waals surface area contributed by atoms with E-state index in [4.69, 9.17) is 0 Å². The Morgan fingerprint density at radius 3 is 1.97 bits per heavy atom. The molecule has 158 valence electrons. The molecule has 0 spiro atoms. The Bertz CT molecular complexity index is 700. The minimum Gasteiger partial charge on any atom is -0.198 e. The number of unbranched alkanes of at least 4 members (excludes halogenated alkanes) is 2. The van der Waals surface area contributed by atoms with E-state index in [0.717, 1.165) is 24.7 Å². The van der Waals surface area contributed by atoms with E-state index in [1.54, 1.807) is 12.1 Å². The first-order chi connectivity index (χ1) is 14.1. The van der Waals surface area contributed by atoms with Crippen LogP contribution in [-0.2, 0) is 12.8 Å². The van der Waals surface area contributed by atoms with E-state index < -0.39 is 5.76 Å². The number of benzene rings is 2. The Hall–Kier alpha value is -1.35. The van der Waals surface area contributed by atoms with Gasteiger partial charge in [0.25, 0.3) is 5.76 Å². The van der Waals surface area contributed by atoms with Gasteiger partial charge in [-0.2, -0.15) is 8.78 Å². The average Bonchev–Trinajstić information content (AvgIpc) is 2.74. The molecule has 0 aromatic heterocycles. The zero-order valence-electron chi connectivity index (χ0n) is 17.6. The van der Waals surface area contributed by atoms with Crippen LogP contribution in [0.15, 0.2) is 53.4 Å². The zero-order chi connectivity index (χ0) is 20.5. The van der Waals surface area contributed by atoms with Crippen molar-refractivity contribution in [3.63, 3.8) is 0 Å². The van der Waals surface area contributed by atoms with Crippen LogP contribution in [0.3, 0.4) is 0 Å². The summed E-state index contributed by atoms with van der Waals surface area (Å²) in [6.45, 7) is 2.28. The fraction of sp³-hybridized carbons (Fsp3) is 0.538. The highest BCUT2D eigenvalue weighted by molar-refractivity contribution is 7.99. The summed E-state index contributed by atoms with van der Waals surface area (Å²) in [6.07, 6.45) is 13.0. The van der Waals surface area contributed by atoms with Gasteiger partial charge in [-0.25, -0.2) is 0 Å². The minimum atomic E-state index is -2.35. The summed E-state index contributed by atoms with van der Waals surface area (Å²) in [5, 5.41) is 0. The van der Waals surface area contributed by atoms with Gasteiger partial charge in [0.15, 0.2) is 0 Å². The highest BCUT2D eigenvalue weighted by Gasteiger charge is 2.21. The van der Waals surface area contributed by atoms with E-state index in [1.165, 1.54) is 68.1 Å². The Balaban J connectivity index is 1.43. The predicted molar refractivity (Wildman–Crippen MR) is 121 cm³/mol. The highest BCUT2D eigenvalue weighted by atomic mass is 32.2. The normalized spacial score (nSPS) is 19.6. The van der Waals surface area contributed by atoms with Crippen molar-refractivity contribution in [1.29, 1.82) is 0 Å². The molecule has 0 amide bonds. The van der Waals surface area contributed by atoms with Crippen LogP contribution in [0.25, 0.3) is 0 Å². The topological polar surface area (TPSA) is 0 Å². The lowest BCUT2D eigenvalue weighted by Gasteiger charge is -2.29. The Morgan fingerprint density at radius 1 is 0.828 bits per heavy atom. The molecule has 0 saturated heterocycles. The molecule has 1 fully saturated rings. The van der Waals surface area contributed by atoms with Crippen molar-refractivity contribution < 1.29 is 8.78 Å². The van der Waals surface area contributed by atoms with Crippen LogP contribution >= 0.6 is 11.8 Å². The molecular weight excluding hydrogens is 382 g/mol. The average molecular weight is 417 g/mol. The molecule has 0 heterocycles. The second-order valence-corrected chi connectivity index (χ2v) is 9.54. The number of alkyl halides is 2. The quantitative estimate of drug-likeness (QED) is 0.276. The van der Waals surface area contributed by atoms with Crippen molar-refractivity contribution in [2.75, 3.05) is 0 Å². The Kier molecular flexibility index (Phi) is 9.04. The summed E-state index contributed by atoms with van der Waals surface area (Å²) in [4.78, 5) is 0.633. The van der Waals surface area contributed by atoms with Crippen molar-refractivity contribution in [3.8, 4) is 0 Å². The van der Waals surface area contributed by atoms with Crippen LogP contribution in [0.2, 0.25) is 0 Å². The monoisotopic (exact) mass is 416 g/mol. The SMILES string of the molecule is CCCCCC1CCC(c2ccc(CCc3ccc(SC(F)F)cc3)cc2)CC1. The lowest BCUT2D eigenvalue weighted by molar-refractivity contribution is 0.252. The largest absolute Gasteiger partial charge is 0.288 e. The van der Waals surface area contributed by atoms with Gasteiger partial charge in [-0.15, -0.1) is 0 Å². The predicted octanol–water partition coefficient (Wildman–Crippen LogP) is 8.64. The van der Waals surface area contributed by atoms with Gasteiger partial charge in [-0.3, -0.25) is 0 Å². The van der Waals surface area contributed by atoms with Crippen LogP contribution in [0.4, 0.5) is 8.78 Å². The molecule has 0 radical (unpaired) electrons.